The van der Waals surface area contributed by atoms with Gasteiger partial charge in [-0.25, -0.2) is 0 Å². The summed E-state index contributed by atoms with van der Waals surface area (Å²) in [4.78, 5) is 37.6. The lowest BCUT2D eigenvalue weighted by Gasteiger charge is -2.24. The molecule has 1 aromatic carbocycles. The number of carbonyl (C=O) groups excluding carboxylic acids is 3. The van der Waals surface area contributed by atoms with Crippen LogP contribution in [-0.2, 0) is 16.1 Å². The first-order valence-electron chi connectivity index (χ1n) is 7.20. The van der Waals surface area contributed by atoms with Gasteiger partial charge in [-0.3, -0.25) is 19.7 Å². The summed E-state index contributed by atoms with van der Waals surface area (Å²) in [5, 5.41) is 11.4. The Labute approximate surface area is 127 Å². The number of benzene rings is 1. The Morgan fingerprint density at radius 1 is 1.32 bits per heavy atom. The zero-order valence-corrected chi connectivity index (χ0v) is 12.2. The van der Waals surface area contributed by atoms with E-state index < -0.39 is 11.9 Å². The number of imide groups is 1. The van der Waals surface area contributed by atoms with Crippen LogP contribution in [0, 0.1) is 18.3 Å². The quantitative estimate of drug-likeness (QED) is 0.783. The molecule has 112 valence electrons. The van der Waals surface area contributed by atoms with Gasteiger partial charge < -0.3 is 4.90 Å². The van der Waals surface area contributed by atoms with E-state index in [4.69, 9.17) is 5.26 Å². The van der Waals surface area contributed by atoms with Crippen molar-refractivity contribution in [2.24, 2.45) is 0 Å². The predicted octanol–water partition coefficient (Wildman–Crippen LogP) is 1.02. The average molecular weight is 297 g/mol. The first-order chi connectivity index (χ1) is 10.5. The van der Waals surface area contributed by atoms with E-state index in [-0.39, 0.29) is 11.8 Å². The highest BCUT2D eigenvalue weighted by Crippen LogP contribution is 2.30. The molecule has 0 aromatic heterocycles. The maximum Gasteiger partial charge on any atom is 0.255 e. The average Bonchev–Trinajstić information content (AvgIpc) is 2.72. The largest absolute Gasteiger partial charge is 0.322 e. The Kier molecular flexibility index (Phi) is 3.41. The van der Waals surface area contributed by atoms with Crippen LogP contribution in [-0.4, -0.2) is 28.7 Å². The number of carbonyl (C=O) groups is 3. The first kappa shape index (κ1) is 14.3. The summed E-state index contributed by atoms with van der Waals surface area (Å²) in [6, 6.07) is 4.75. The fourth-order valence-electron chi connectivity index (χ4n) is 3.10. The minimum absolute atomic E-state index is 0.211. The van der Waals surface area contributed by atoms with Crippen molar-refractivity contribution in [1.82, 2.24) is 10.2 Å². The van der Waals surface area contributed by atoms with Crippen LogP contribution in [0.4, 0.5) is 0 Å². The van der Waals surface area contributed by atoms with E-state index in [1.54, 1.807) is 12.1 Å². The van der Waals surface area contributed by atoms with Crippen LogP contribution < -0.4 is 5.32 Å². The second-order valence-corrected chi connectivity index (χ2v) is 5.63. The van der Waals surface area contributed by atoms with Crippen LogP contribution in [0.15, 0.2) is 12.1 Å². The maximum atomic E-state index is 12.6. The number of nitrogens with zero attached hydrogens (tertiary/aromatic N) is 2. The minimum atomic E-state index is -0.628. The summed E-state index contributed by atoms with van der Waals surface area (Å²) in [5.41, 5.74) is 2.65. The van der Waals surface area contributed by atoms with Gasteiger partial charge in [0.15, 0.2) is 0 Å². The molecule has 1 atom stereocenters. The lowest BCUT2D eigenvalue weighted by Crippen LogP contribution is -2.46. The SMILES string of the molecule is Cc1c(C#N)ccc2c1CN([C@H]1CCCC(=O)NC1=O)C2=O. The van der Waals surface area contributed by atoms with Gasteiger partial charge in [0.1, 0.15) is 6.04 Å². The van der Waals surface area contributed by atoms with Gasteiger partial charge in [-0.05, 0) is 43.0 Å². The molecule has 1 N–H and O–H groups in total. The highest BCUT2D eigenvalue weighted by atomic mass is 16.2. The van der Waals surface area contributed by atoms with Gasteiger partial charge in [0.05, 0.1) is 11.6 Å². The molecule has 3 amide bonds. The summed E-state index contributed by atoms with van der Waals surface area (Å²) < 4.78 is 0. The second kappa shape index (κ2) is 5.26. The van der Waals surface area contributed by atoms with Gasteiger partial charge in [-0.2, -0.15) is 5.26 Å². The van der Waals surface area contributed by atoms with Gasteiger partial charge in [-0.15, -0.1) is 0 Å². The number of amides is 3. The molecule has 0 unspecified atom stereocenters. The van der Waals surface area contributed by atoms with Crippen LogP contribution in [0.5, 0.6) is 0 Å². The molecule has 2 aliphatic rings. The van der Waals surface area contributed by atoms with Crippen molar-refractivity contribution in [3.63, 3.8) is 0 Å². The molecule has 1 aromatic rings. The van der Waals surface area contributed by atoms with Crippen molar-refractivity contribution in [3.05, 3.63) is 34.4 Å². The molecule has 0 bridgehead atoms. The third kappa shape index (κ3) is 2.15. The Morgan fingerprint density at radius 2 is 2.09 bits per heavy atom. The van der Waals surface area contributed by atoms with Gasteiger partial charge >= 0.3 is 0 Å². The number of fused-ring (bicyclic) bond motifs is 1. The molecule has 22 heavy (non-hydrogen) atoms. The number of hydrogen-bond acceptors (Lipinski definition) is 4. The standard InChI is InChI=1S/C16H15N3O3/c1-9-10(7-17)5-6-11-12(9)8-19(16(11)22)13-3-2-4-14(20)18-15(13)21/h5-6,13H,2-4,8H2,1H3,(H,18,20,21)/t13-/m0/s1. The lowest BCUT2D eigenvalue weighted by atomic mass is 9.99. The molecule has 1 saturated heterocycles. The molecule has 2 heterocycles. The smallest absolute Gasteiger partial charge is 0.255 e. The highest BCUT2D eigenvalue weighted by molar-refractivity contribution is 6.04. The van der Waals surface area contributed by atoms with E-state index in [1.807, 2.05) is 6.92 Å². The molecular formula is C16H15N3O3. The fourth-order valence-corrected chi connectivity index (χ4v) is 3.10. The molecule has 3 rings (SSSR count). The van der Waals surface area contributed by atoms with Gasteiger partial charge in [0, 0.05) is 18.5 Å². The minimum Gasteiger partial charge on any atom is -0.322 e. The Balaban J connectivity index is 1.94. The van der Waals surface area contributed by atoms with Crippen molar-refractivity contribution in [2.45, 2.75) is 38.8 Å². The molecule has 1 fully saturated rings. The summed E-state index contributed by atoms with van der Waals surface area (Å²) in [5.74, 6) is -0.918. The van der Waals surface area contributed by atoms with Crippen molar-refractivity contribution in [3.8, 4) is 6.07 Å². The Morgan fingerprint density at radius 3 is 2.82 bits per heavy atom. The summed E-state index contributed by atoms with van der Waals surface area (Å²) in [6.45, 7) is 2.12. The topological polar surface area (TPSA) is 90.3 Å². The number of hydrogen-bond donors (Lipinski definition) is 1. The summed E-state index contributed by atoms with van der Waals surface area (Å²) >= 11 is 0. The summed E-state index contributed by atoms with van der Waals surface area (Å²) in [7, 11) is 0. The van der Waals surface area contributed by atoms with E-state index in [0.717, 1.165) is 11.1 Å². The molecule has 0 saturated carbocycles. The molecular weight excluding hydrogens is 282 g/mol. The second-order valence-electron chi connectivity index (χ2n) is 5.63. The van der Waals surface area contributed by atoms with E-state index in [0.29, 0.717) is 36.9 Å². The molecule has 0 aliphatic carbocycles. The van der Waals surface area contributed by atoms with Crippen molar-refractivity contribution in [1.29, 1.82) is 5.26 Å². The van der Waals surface area contributed by atoms with E-state index in [9.17, 15) is 14.4 Å². The van der Waals surface area contributed by atoms with Crippen molar-refractivity contribution >= 4 is 17.7 Å². The Hall–Kier alpha value is -2.68. The van der Waals surface area contributed by atoms with Gasteiger partial charge in [0.2, 0.25) is 11.8 Å². The third-order valence-electron chi connectivity index (χ3n) is 4.36. The maximum absolute atomic E-state index is 12.6. The number of rotatable bonds is 1. The van der Waals surface area contributed by atoms with Crippen LogP contribution in [0.2, 0.25) is 0 Å². The highest BCUT2D eigenvalue weighted by Gasteiger charge is 2.38. The van der Waals surface area contributed by atoms with Gasteiger partial charge in [0.25, 0.3) is 5.91 Å². The van der Waals surface area contributed by atoms with Crippen LogP contribution in [0.1, 0.15) is 46.3 Å². The van der Waals surface area contributed by atoms with Gasteiger partial charge in [-0.1, -0.05) is 0 Å². The summed E-state index contributed by atoms with van der Waals surface area (Å²) in [6.07, 6.45) is 1.35. The predicted molar refractivity (Wildman–Crippen MR) is 76.6 cm³/mol. The zero-order valence-electron chi connectivity index (χ0n) is 12.2. The first-order valence-corrected chi connectivity index (χ1v) is 7.20. The number of nitriles is 1. The molecule has 6 heteroatoms. The molecule has 0 radical (unpaired) electrons. The van der Waals surface area contributed by atoms with Crippen LogP contribution in [0.25, 0.3) is 0 Å². The van der Waals surface area contributed by atoms with Crippen LogP contribution in [0.3, 0.4) is 0 Å². The van der Waals surface area contributed by atoms with Crippen LogP contribution >= 0.6 is 0 Å². The molecule has 0 spiro atoms. The third-order valence-corrected chi connectivity index (χ3v) is 4.36. The van der Waals surface area contributed by atoms with Crippen molar-refractivity contribution in [2.75, 3.05) is 0 Å². The van der Waals surface area contributed by atoms with E-state index >= 15 is 0 Å². The number of nitrogens with one attached hydrogen (secondary N) is 1. The molecule has 6 nitrogen and oxygen atoms in total. The monoisotopic (exact) mass is 297 g/mol. The van der Waals surface area contributed by atoms with E-state index in [1.165, 1.54) is 4.90 Å². The fraction of sp³-hybridized carbons (Fsp3) is 0.375. The van der Waals surface area contributed by atoms with Crippen molar-refractivity contribution < 1.29 is 14.4 Å². The normalized spacial score (nSPS) is 21.2. The Bertz CT molecular complexity index is 733. The van der Waals surface area contributed by atoms with E-state index in [2.05, 4.69) is 11.4 Å². The zero-order chi connectivity index (χ0) is 15.9. The molecule has 2 aliphatic heterocycles. The lowest BCUT2D eigenvalue weighted by molar-refractivity contribution is -0.132.